The van der Waals surface area contributed by atoms with Crippen molar-refractivity contribution in [2.24, 2.45) is 0 Å². The fourth-order valence-corrected chi connectivity index (χ4v) is 3.30. The summed E-state index contributed by atoms with van der Waals surface area (Å²) in [7, 11) is 1.56. The van der Waals surface area contributed by atoms with Crippen LogP contribution in [0.2, 0.25) is 0 Å². The molecule has 0 aliphatic carbocycles. The molecular weight excluding hydrogens is 310 g/mol. The number of alkyl halides is 1. The van der Waals surface area contributed by atoms with Crippen LogP contribution in [0.5, 0.6) is 5.88 Å². The van der Waals surface area contributed by atoms with E-state index in [0.717, 1.165) is 5.01 Å². The highest BCUT2D eigenvalue weighted by molar-refractivity contribution is 7.09. The molecule has 0 N–H and O–H groups in total. The lowest BCUT2D eigenvalue weighted by molar-refractivity contribution is 0.401. The lowest BCUT2D eigenvalue weighted by atomic mass is 10.1. The Morgan fingerprint density at radius 2 is 2.14 bits per heavy atom. The highest BCUT2D eigenvalue weighted by atomic mass is 35.5. The Balaban J connectivity index is 2.31. The van der Waals surface area contributed by atoms with Crippen LogP contribution in [0, 0.1) is 0 Å². The first-order valence-electron chi connectivity index (χ1n) is 6.32. The predicted octanol–water partition coefficient (Wildman–Crippen LogP) is 2.81. The summed E-state index contributed by atoms with van der Waals surface area (Å²) < 4.78 is 7.26. The lowest BCUT2D eigenvalue weighted by Gasteiger charge is -2.26. The Hall–Kier alpha value is -1.73. The summed E-state index contributed by atoms with van der Waals surface area (Å²) in [5.74, 6) is 1.43. The molecule has 0 fully saturated rings. The summed E-state index contributed by atoms with van der Waals surface area (Å²) in [6.45, 7) is 4.13. The van der Waals surface area contributed by atoms with Crippen molar-refractivity contribution in [2.45, 2.75) is 25.3 Å². The smallest absolute Gasteiger partial charge is 0.245 e. The number of halogens is 1. The minimum atomic E-state index is -0.410. The summed E-state index contributed by atoms with van der Waals surface area (Å²) in [5, 5.41) is 2.91. The second-order valence-corrected chi connectivity index (χ2v) is 6.11. The third-order valence-electron chi connectivity index (χ3n) is 3.31. The van der Waals surface area contributed by atoms with E-state index in [1.54, 1.807) is 24.6 Å². The maximum Gasteiger partial charge on any atom is 0.245 e. The molecule has 0 aliphatic heterocycles. The van der Waals surface area contributed by atoms with Gasteiger partial charge in [-0.05, 0) is 13.8 Å². The molecule has 3 rings (SSSR count). The van der Waals surface area contributed by atoms with E-state index in [1.165, 1.54) is 6.33 Å². The average Bonchev–Trinajstić information content (AvgIpc) is 3.13. The first-order chi connectivity index (χ1) is 10.1. The number of aromatic nitrogens is 5. The van der Waals surface area contributed by atoms with Crippen LogP contribution in [0.15, 0.2) is 17.9 Å². The summed E-state index contributed by atoms with van der Waals surface area (Å²) in [4.78, 5) is 17.4. The summed E-state index contributed by atoms with van der Waals surface area (Å²) >= 11 is 7.67. The Labute approximate surface area is 130 Å². The van der Waals surface area contributed by atoms with E-state index in [4.69, 9.17) is 16.3 Å². The van der Waals surface area contributed by atoms with Gasteiger partial charge in [0.05, 0.1) is 18.5 Å². The van der Waals surface area contributed by atoms with Gasteiger partial charge in [-0.15, -0.1) is 22.9 Å². The van der Waals surface area contributed by atoms with Crippen molar-refractivity contribution in [1.82, 2.24) is 24.5 Å². The molecule has 0 aliphatic rings. The fourth-order valence-electron chi connectivity index (χ4n) is 2.36. The number of fused-ring (bicyclic) bond motifs is 1. The van der Waals surface area contributed by atoms with Crippen molar-refractivity contribution >= 4 is 34.1 Å². The summed E-state index contributed by atoms with van der Waals surface area (Å²) in [5.41, 5.74) is 0.893. The number of ether oxygens (including phenoxy) is 1. The molecule has 0 saturated carbocycles. The Morgan fingerprint density at radius 3 is 2.76 bits per heavy atom. The standard InChI is InChI=1S/C13H14ClN5OS/c1-13(2,12-15-4-5-21-12)19-8(6-14)18-9-10(19)16-7-17-11(9)20-3/h4-5,7H,6H2,1-3H3. The van der Waals surface area contributed by atoms with Crippen molar-refractivity contribution in [2.75, 3.05) is 7.11 Å². The molecule has 3 aromatic heterocycles. The van der Waals surface area contributed by atoms with Gasteiger partial charge < -0.3 is 4.74 Å². The van der Waals surface area contributed by atoms with Crippen molar-refractivity contribution < 1.29 is 4.74 Å². The summed E-state index contributed by atoms with van der Waals surface area (Å²) in [6.07, 6.45) is 3.26. The Kier molecular flexibility index (Phi) is 3.54. The highest BCUT2D eigenvalue weighted by Crippen LogP contribution is 2.33. The van der Waals surface area contributed by atoms with Gasteiger partial charge in [-0.2, -0.15) is 4.98 Å². The van der Waals surface area contributed by atoms with Crippen molar-refractivity contribution in [1.29, 1.82) is 0 Å². The molecule has 110 valence electrons. The topological polar surface area (TPSA) is 65.7 Å². The molecule has 0 amide bonds. The van der Waals surface area contributed by atoms with E-state index in [2.05, 4.69) is 33.8 Å². The molecule has 0 unspecified atom stereocenters. The predicted molar refractivity (Wildman–Crippen MR) is 82.0 cm³/mol. The average molecular weight is 324 g/mol. The van der Waals surface area contributed by atoms with Gasteiger partial charge in [0.1, 0.15) is 17.2 Å². The van der Waals surface area contributed by atoms with E-state index in [-0.39, 0.29) is 5.88 Å². The number of hydrogen-bond acceptors (Lipinski definition) is 6. The molecule has 0 aromatic carbocycles. The summed E-state index contributed by atoms with van der Waals surface area (Å²) in [6, 6.07) is 0. The minimum Gasteiger partial charge on any atom is -0.479 e. The maximum absolute atomic E-state index is 6.08. The van der Waals surface area contributed by atoms with Crippen LogP contribution >= 0.6 is 22.9 Å². The van der Waals surface area contributed by atoms with Crippen LogP contribution in [0.25, 0.3) is 11.2 Å². The largest absolute Gasteiger partial charge is 0.479 e. The number of thiazole rings is 1. The van der Waals surface area contributed by atoms with Gasteiger partial charge in [-0.3, -0.25) is 4.57 Å². The van der Waals surface area contributed by atoms with Gasteiger partial charge in [-0.25, -0.2) is 15.0 Å². The Bertz CT molecular complexity index is 768. The van der Waals surface area contributed by atoms with Crippen LogP contribution in [0.3, 0.4) is 0 Å². The fraction of sp³-hybridized carbons (Fsp3) is 0.385. The van der Waals surface area contributed by atoms with Gasteiger partial charge in [0.25, 0.3) is 0 Å². The van der Waals surface area contributed by atoms with Crippen LogP contribution in [0.4, 0.5) is 0 Å². The normalized spacial score (nSPS) is 12.0. The molecule has 0 radical (unpaired) electrons. The first-order valence-corrected chi connectivity index (χ1v) is 7.73. The second-order valence-electron chi connectivity index (χ2n) is 4.95. The quantitative estimate of drug-likeness (QED) is 0.691. The second kappa shape index (κ2) is 5.23. The number of nitrogens with zero attached hydrogens (tertiary/aromatic N) is 5. The van der Waals surface area contributed by atoms with Crippen LogP contribution in [-0.4, -0.2) is 31.6 Å². The van der Waals surface area contributed by atoms with Crippen LogP contribution < -0.4 is 4.74 Å². The zero-order chi connectivity index (χ0) is 15.0. The number of rotatable bonds is 4. The van der Waals surface area contributed by atoms with Crippen molar-refractivity contribution in [3.05, 3.63) is 28.7 Å². The third kappa shape index (κ3) is 2.16. The van der Waals surface area contributed by atoms with E-state index in [0.29, 0.717) is 22.9 Å². The van der Waals surface area contributed by atoms with Gasteiger partial charge in [0.2, 0.25) is 5.88 Å². The zero-order valence-electron chi connectivity index (χ0n) is 11.9. The van der Waals surface area contributed by atoms with E-state index in [9.17, 15) is 0 Å². The maximum atomic E-state index is 6.08. The van der Waals surface area contributed by atoms with Crippen molar-refractivity contribution in [3.8, 4) is 5.88 Å². The number of imidazole rings is 1. The van der Waals surface area contributed by atoms with Crippen molar-refractivity contribution in [3.63, 3.8) is 0 Å². The SMILES string of the molecule is COc1ncnc2c1nc(CCl)n2C(C)(C)c1nccs1. The van der Waals surface area contributed by atoms with Crippen LogP contribution in [-0.2, 0) is 11.4 Å². The number of methoxy groups -OCH3 is 1. The molecule has 0 saturated heterocycles. The molecule has 0 spiro atoms. The van der Waals surface area contributed by atoms with Gasteiger partial charge in [-0.1, -0.05) is 0 Å². The van der Waals surface area contributed by atoms with E-state index < -0.39 is 5.54 Å². The minimum absolute atomic E-state index is 0.272. The van der Waals surface area contributed by atoms with Gasteiger partial charge in [0, 0.05) is 11.6 Å². The molecule has 0 bridgehead atoms. The molecular formula is C13H14ClN5OS. The van der Waals surface area contributed by atoms with Crippen LogP contribution in [0.1, 0.15) is 24.7 Å². The molecule has 6 nitrogen and oxygen atoms in total. The lowest BCUT2D eigenvalue weighted by Crippen LogP contribution is -2.29. The molecule has 3 heterocycles. The number of hydrogen-bond donors (Lipinski definition) is 0. The van der Waals surface area contributed by atoms with E-state index >= 15 is 0 Å². The third-order valence-corrected chi connectivity index (χ3v) is 4.63. The monoisotopic (exact) mass is 323 g/mol. The van der Waals surface area contributed by atoms with Gasteiger partial charge >= 0.3 is 0 Å². The highest BCUT2D eigenvalue weighted by Gasteiger charge is 2.31. The van der Waals surface area contributed by atoms with Gasteiger partial charge in [0.15, 0.2) is 11.2 Å². The Morgan fingerprint density at radius 1 is 1.33 bits per heavy atom. The molecule has 21 heavy (non-hydrogen) atoms. The molecule has 8 heteroatoms. The molecule has 3 aromatic rings. The first kappa shape index (κ1) is 14.2. The molecule has 0 atom stereocenters. The van der Waals surface area contributed by atoms with E-state index in [1.807, 2.05) is 9.95 Å². The zero-order valence-corrected chi connectivity index (χ0v) is 13.4.